The Bertz CT molecular complexity index is 1350. The molecule has 1 aromatic carbocycles. The molecule has 7 nitrogen and oxygen atoms in total. The number of hydrogen-bond donors (Lipinski definition) is 0. The maximum absolute atomic E-state index is 13.7. The summed E-state index contributed by atoms with van der Waals surface area (Å²) in [4.78, 5) is 28.2. The molecular formula is C26H29N3O4. The Hall–Kier alpha value is -3.35. The lowest BCUT2D eigenvalue weighted by Gasteiger charge is -2.41. The van der Waals surface area contributed by atoms with E-state index >= 15 is 0 Å². The molecule has 0 saturated heterocycles. The fraction of sp³-hybridized carbons (Fsp3) is 0.423. The molecule has 1 saturated carbocycles. The van der Waals surface area contributed by atoms with Gasteiger partial charge in [0.25, 0.3) is 0 Å². The molecule has 33 heavy (non-hydrogen) atoms. The van der Waals surface area contributed by atoms with Gasteiger partial charge in [0.1, 0.15) is 23.3 Å². The van der Waals surface area contributed by atoms with Crippen LogP contribution in [0.15, 0.2) is 56.4 Å². The Labute approximate surface area is 192 Å². The van der Waals surface area contributed by atoms with Gasteiger partial charge in [-0.25, -0.2) is 4.79 Å². The molecule has 0 spiro atoms. The van der Waals surface area contributed by atoms with E-state index in [1.54, 1.807) is 17.0 Å². The summed E-state index contributed by atoms with van der Waals surface area (Å²) in [5.74, 6) is 1.68. The zero-order chi connectivity index (χ0) is 23.1. The van der Waals surface area contributed by atoms with Crippen molar-refractivity contribution in [3.63, 3.8) is 0 Å². The number of carbonyl (C=O) groups excluding carboxylic acids is 1. The summed E-state index contributed by atoms with van der Waals surface area (Å²) >= 11 is 0. The monoisotopic (exact) mass is 447 g/mol. The van der Waals surface area contributed by atoms with Gasteiger partial charge in [0, 0.05) is 11.4 Å². The fourth-order valence-corrected chi connectivity index (χ4v) is 5.18. The normalized spacial score (nSPS) is 21.0. The first-order chi connectivity index (χ1) is 15.9. The second-order valence-electron chi connectivity index (χ2n) is 9.39. The van der Waals surface area contributed by atoms with Crippen LogP contribution >= 0.6 is 0 Å². The summed E-state index contributed by atoms with van der Waals surface area (Å²) < 4.78 is 12.7. The molecule has 1 aliphatic carbocycles. The van der Waals surface area contributed by atoms with E-state index in [1.165, 1.54) is 12.6 Å². The maximum atomic E-state index is 13.7. The van der Waals surface area contributed by atoms with Crippen LogP contribution in [0.3, 0.4) is 0 Å². The smallest absolute Gasteiger partial charge is 0.347 e. The van der Waals surface area contributed by atoms with Gasteiger partial charge >= 0.3 is 5.63 Å². The van der Waals surface area contributed by atoms with Crippen molar-refractivity contribution in [3.8, 4) is 0 Å². The number of fused-ring (bicyclic) bond motifs is 3. The number of benzene rings is 1. The van der Waals surface area contributed by atoms with Crippen LogP contribution < -0.4 is 5.63 Å². The van der Waals surface area contributed by atoms with Gasteiger partial charge in [-0.1, -0.05) is 38.3 Å². The minimum Gasteiger partial charge on any atom is -0.467 e. The van der Waals surface area contributed by atoms with Crippen LogP contribution in [0.4, 0.5) is 0 Å². The average Bonchev–Trinajstić information content (AvgIpc) is 3.45. The van der Waals surface area contributed by atoms with E-state index in [0.717, 1.165) is 29.6 Å². The van der Waals surface area contributed by atoms with E-state index in [2.05, 4.69) is 18.9 Å². The van der Waals surface area contributed by atoms with Gasteiger partial charge in [0.05, 0.1) is 24.5 Å². The minimum atomic E-state index is -0.442. The van der Waals surface area contributed by atoms with Gasteiger partial charge in [-0.05, 0) is 49.4 Å². The third-order valence-corrected chi connectivity index (χ3v) is 7.23. The molecule has 0 aliphatic heterocycles. The fourth-order valence-electron chi connectivity index (χ4n) is 5.18. The Kier molecular flexibility index (Phi) is 5.56. The summed E-state index contributed by atoms with van der Waals surface area (Å²) in [6, 6.07) is 9.55. The van der Waals surface area contributed by atoms with Crippen molar-refractivity contribution >= 4 is 27.8 Å². The molecule has 1 aliphatic rings. The van der Waals surface area contributed by atoms with Crippen LogP contribution in [-0.4, -0.2) is 26.6 Å². The lowest BCUT2D eigenvalue weighted by molar-refractivity contribution is -0.138. The van der Waals surface area contributed by atoms with Crippen LogP contribution in [0.5, 0.6) is 0 Å². The van der Waals surface area contributed by atoms with Gasteiger partial charge in [-0.3, -0.25) is 9.48 Å². The molecule has 5 rings (SSSR count). The molecule has 0 radical (unpaired) electrons. The SMILES string of the molecule is Cc1ccc2oc(=O)c3cnn(CC(=O)N(Cc4ccco4)[C@@H]4CCC[C@@H](C)[C@H]4C)c3c2c1. The van der Waals surface area contributed by atoms with Crippen molar-refractivity contribution in [1.29, 1.82) is 0 Å². The van der Waals surface area contributed by atoms with E-state index in [0.29, 0.717) is 34.9 Å². The highest BCUT2D eigenvalue weighted by molar-refractivity contribution is 6.02. The number of carbonyl (C=O) groups is 1. The molecule has 1 fully saturated rings. The summed E-state index contributed by atoms with van der Waals surface area (Å²) in [7, 11) is 0. The number of amides is 1. The number of aromatic nitrogens is 2. The van der Waals surface area contributed by atoms with Crippen LogP contribution in [0, 0.1) is 18.8 Å². The predicted molar refractivity (Wildman–Crippen MR) is 126 cm³/mol. The van der Waals surface area contributed by atoms with Crippen molar-refractivity contribution in [1.82, 2.24) is 14.7 Å². The molecular weight excluding hydrogens is 418 g/mol. The standard InChI is InChI=1S/C26H29N3O4/c1-16-9-10-23-20(12-16)25-21(26(31)33-23)13-27-29(25)15-24(30)28(14-19-7-5-11-32-19)22-8-4-6-17(2)18(22)3/h5,7,9-13,17-18,22H,4,6,8,14-15H2,1-3H3/t17-,18-,22-/m1/s1. The van der Waals surface area contributed by atoms with E-state index in [1.807, 2.05) is 36.1 Å². The number of hydrogen-bond acceptors (Lipinski definition) is 5. The second-order valence-corrected chi connectivity index (χ2v) is 9.39. The third-order valence-electron chi connectivity index (χ3n) is 7.23. The first-order valence-corrected chi connectivity index (χ1v) is 11.6. The Morgan fingerprint density at radius 1 is 1.21 bits per heavy atom. The molecule has 3 atom stereocenters. The lowest BCUT2D eigenvalue weighted by atomic mass is 9.77. The lowest BCUT2D eigenvalue weighted by Crippen LogP contribution is -2.48. The largest absolute Gasteiger partial charge is 0.467 e. The molecule has 0 bridgehead atoms. The highest BCUT2D eigenvalue weighted by Crippen LogP contribution is 2.34. The van der Waals surface area contributed by atoms with Gasteiger partial charge in [0.15, 0.2) is 0 Å². The first-order valence-electron chi connectivity index (χ1n) is 11.6. The predicted octanol–water partition coefficient (Wildman–Crippen LogP) is 4.90. The number of nitrogens with zero attached hydrogens (tertiary/aromatic N) is 3. The van der Waals surface area contributed by atoms with E-state index in [9.17, 15) is 9.59 Å². The molecule has 7 heteroatoms. The summed E-state index contributed by atoms with van der Waals surface area (Å²) in [5, 5.41) is 5.59. The van der Waals surface area contributed by atoms with E-state index in [4.69, 9.17) is 8.83 Å². The van der Waals surface area contributed by atoms with Gasteiger partial charge in [-0.15, -0.1) is 0 Å². The second kappa shape index (κ2) is 8.54. The summed E-state index contributed by atoms with van der Waals surface area (Å²) in [6.45, 7) is 6.96. The van der Waals surface area contributed by atoms with Crippen molar-refractivity contribution in [3.05, 3.63) is 64.5 Å². The third kappa shape index (κ3) is 3.96. The Morgan fingerprint density at radius 3 is 2.85 bits per heavy atom. The quantitative estimate of drug-likeness (QED) is 0.407. The van der Waals surface area contributed by atoms with Gasteiger partial charge in [-0.2, -0.15) is 5.10 Å². The van der Waals surface area contributed by atoms with Crippen molar-refractivity contribution < 1.29 is 13.6 Å². The summed E-state index contributed by atoms with van der Waals surface area (Å²) in [5.41, 5.74) is 1.74. The van der Waals surface area contributed by atoms with Crippen LogP contribution in [0.1, 0.15) is 44.4 Å². The summed E-state index contributed by atoms with van der Waals surface area (Å²) in [6.07, 6.45) is 6.40. The van der Waals surface area contributed by atoms with E-state index in [-0.39, 0.29) is 18.5 Å². The highest BCUT2D eigenvalue weighted by Gasteiger charge is 2.34. The van der Waals surface area contributed by atoms with Gasteiger partial charge in [0.2, 0.25) is 5.91 Å². The molecule has 4 aromatic rings. The number of rotatable bonds is 5. The molecule has 0 N–H and O–H groups in total. The number of aryl methyl sites for hydroxylation is 1. The average molecular weight is 448 g/mol. The molecule has 0 unspecified atom stereocenters. The number of furan rings is 1. The first kappa shape index (κ1) is 21.5. The van der Waals surface area contributed by atoms with Gasteiger partial charge < -0.3 is 13.7 Å². The van der Waals surface area contributed by atoms with Crippen LogP contribution in [0.25, 0.3) is 21.9 Å². The topological polar surface area (TPSA) is 81.5 Å². The highest BCUT2D eigenvalue weighted by atomic mass is 16.4. The Morgan fingerprint density at radius 2 is 2.06 bits per heavy atom. The van der Waals surface area contributed by atoms with Crippen molar-refractivity contribution in [2.24, 2.45) is 11.8 Å². The molecule has 1 amide bonds. The van der Waals surface area contributed by atoms with Crippen LogP contribution in [-0.2, 0) is 17.9 Å². The molecule has 172 valence electrons. The molecule has 3 heterocycles. The maximum Gasteiger partial charge on any atom is 0.347 e. The zero-order valence-electron chi connectivity index (χ0n) is 19.3. The van der Waals surface area contributed by atoms with Crippen molar-refractivity contribution in [2.45, 2.75) is 59.2 Å². The minimum absolute atomic E-state index is 0.0311. The van der Waals surface area contributed by atoms with Crippen LogP contribution in [0.2, 0.25) is 0 Å². The Balaban J connectivity index is 1.54. The molecule has 3 aromatic heterocycles. The zero-order valence-corrected chi connectivity index (χ0v) is 19.3. The van der Waals surface area contributed by atoms with E-state index < -0.39 is 5.63 Å². The van der Waals surface area contributed by atoms with Crippen molar-refractivity contribution in [2.75, 3.05) is 0 Å².